The van der Waals surface area contributed by atoms with Crippen LogP contribution in [0.1, 0.15) is 18.5 Å². The quantitative estimate of drug-likeness (QED) is 0.586. The molecule has 0 aliphatic rings. The van der Waals surface area contributed by atoms with Gasteiger partial charge in [-0.1, -0.05) is 5.21 Å². The van der Waals surface area contributed by atoms with Crippen LogP contribution in [0.3, 0.4) is 0 Å². The smallest absolute Gasteiger partial charge is 0.0964 e. The van der Waals surface area contributed by atoms with Crippen molar-refractivity contribution in [1.82, 2.24) is 20.3 Å². The molecule has 0 aromatic carbocycles. The Morgan fingerprint density at radius 1 is 1.53 bits per heavy atom. The predicted molar refractivity (Wildman–Crippen MR) is 67.0 cm³/mol. The molecule has 17 heavy (non-hydrogen) atoms. The van der Waals surface area contributed by atoms with Crippen LogP contribution in [0.15, 0.2) is 6.20 Å². The van der Waals surface area contributed by atoms with Crippen LogP contribution in [0.4, 0.5) is 0 Å². The van der Waals surface area contributed by atoms with Crippen molar-refractivity contribution in [3.63, 3.8) is 0 Å². The summed E-state index contributed by atoms with van der Waals surface area (Å²) in [4.78, 5) is 0. The van der Waals surface area contributed by atoms with Crippen LogP contribution in [0.5, 0.6) is 0 Å². The molecule has 6 nitrogen and oxygen atoms in total. The van der Waals surface area contributed by atoms with E-state index in [0.717, 1.165) is 24.4 Å². The topological polar surface area (TPSA) is 80.0 Å². The number of rotatable bonds is 9. The van der Waals surface area contributed by atoms with E-state index in [1.54, 1.807) is 10.9 Å². The summed E-state index contributed by atoms with van der Waals surface area (Å²) < 4.78 is 12.5. The summed E-state index contributed by atoms with van der Waals surface area (Å²) in [6.07, 6.45) is 5.19. The van der Waals surface area contributed by atoms with Crippen molar-refractivity contribution in [3.05, 3.63) is 11.9 Å². The number of nitrogens with zero attached hydrogens (tertiary/aromatic N) is 3. The fraction of sp³-hybridized carbons (Fsp3) is 0.800. The predicted octanol–water partition coefficient (Wildman–Crippen LogP) is -0.481. The summed E-state index contributed by atoms with van der Waals surface area (Å²) in [6, 6.07) is 0. The third kappa shape index (κ3) is 6.50. The van der Waals surface area contributed by atoms with Crippen molar-refractivity contribution in [3.8, 4) is 0 Å². The molecule has 1 heterocycles. The second-order valence-corrected chi connectivity index (χ2v) is 5.41. The normalized spacial score (nSPS) is 12.8. The molecule has 0 bridgehead atoms. The van der Waals surface area contributed by atoms with Gasteiger partial charge in [-0.2, -0.15) is 0 Å². The van der Waals surface area contributed by atoms with Crippen LogP contribution in [0, 0.1) is 0 Å². The van der Waals surface area contributed by atoms with Crippen molar-refractivity contribution in [2.75, 3.05) is 25.2 Å². The van der Waals surface area contributed by atoms with Crippen LogP contribution in [-0.2, 0) is 23.9 Å². The Labute approximate surface area is 104 Å². The SMILES string of the molecule is CS(=O)CCCNCc1cn(CCCO)nn1. The molecular weight excluding hydrogens is 240 g/mol. The van der Waals surface area contributed by atoms with E-state index in [1.165, 1.54) is 0 Å². The maximum Gasteiger partial charge on any atom is 0.0964 e. The van der Waals surface area contributed by atoms with E-state index in [9.17, 15) is 4.21 Å². The van der Waals surface area contributed by atoms with Crippen molar-refractivity contribution in [1.29, 1.82) is 0 Å². The highest BCUT2D eigenvalue weighted by Crippen LogP contribution is 1.94. The van der Waals surface area contributed by atoms with Gasteiger partial charge >= 0.3 is 0 Å². The maximum absolute atomic E-state index is 10.8. The number of aliphatic hydroxyl groups excluding tert-OH is 1. The van der Waals surface area contributed by atoms with E-state index in [4.69, 9.17) is 5.11 Å². The largest absolute Gasteiger partial charge is 0.396 e. The number of aromatic nitrogens is 3. The molecule has 1 rings (SSSR count). The third-order valence-corrected chi connectivity index (χ3v) is 3.09. The van der Waals surface area contributed by atoms with Gasteiger partial charge in [-0.25, -0.2) is 0 Å². The molecule has 0 aliphatic carbocycles. The molecule has 1 aromatic rings. The molecule has 98 valence electrons. The average molecular weight is 260 g/mol. The van der Waals surface area contributed by atoms with Crippen LogP contribution in [0.2, 0.25) is 0 Å². The van der Waals surface area contributed by atoms with Crippen molar-refractivity contribution in [2.45, 2.75) is 25.9 Å². The van der Waals surface area contributed by atoms with Crippen molar-refractivity contribution in [2.24, 2.45) is 0 Å². The van der Waals surface area contributed by atoms with Gasteiger partial charge in [0.2, 0.25) is 0 Å². The lowest BCUT2D eigenvalue weighted by Crippen LogP contribution is -2.16. The molecule has 0 saturated carbocycles. The van der Waals surface area contributed by atoms with Gasteiger partial charge in [0.15, 0.2) is 0 Å². The first-order valence-corrected chi connectivity index (χ1v) is 7.45. The Morgan fingerprint density at radius 2 is 2.35 bits per heavy atom. The minimum atomic E-state index is -0.709. The van der Waals surface area contributed by atoms with E-state index >= 15 is 0 Å². The Hall–Kier alpha value is -0.790. The van der Waals surface area contributed by atoms with Gasteiger partial charge in [0.05, 0.1) is 5.69 Å². The molecule has 2 N–H and O–H groups in total. The maximum atomic E-state index is 10.8. The number of aliphatic hydroxyl groups is 1. The molecule has 7 heteroatoms. The van der Waals surface area contributed by atoms with Gasteiger partial charge in [0, 0.05) is 48.7 Å². The minimum absolute atomic E-state index is 0.168. The van der Waals surface area contributed by atoms with Gasteiger partial charge < -0.3 is 10.4 Å². The number of hydrogen-bond donors (Lipinski definition) is 2. The lowest BCUT2D eigenvalue weighted by Gasteiger charge is -2.00. The van der Waals surface area contributed by atoms with Gasteiger partial charge in [0.25, 0.3) is 0 Å². The monoisotopic (exact) mass is 260 g/mol. The van der Waals surface area contributed by atoms with Crippen molar-refractivity contribution < 1.29 is 9.32 Å². The lowest BCUT2D eigenvalue weighted by atomic mass is 10.4. The fourth-order valence-electron chi connectivity index (χ4n) is 1.38. The molecule has 0 fully saturated rings. The minimum Gasteiger partial charge on any atom is -0.396 e. The number of nitrogens with one attached hydrogen (secondary N) is 1. The van der Waals surface area contributed by atoms with Crippen LogP contribution >= 0.6 is 0 Å². The Bertz CT molecular complexity index is 343. The van der Waals surface area contributed by atoms with Crippen LogP contribution in [0.25, 0.3) is 0 Å². The number of hydrogen-bond acceptors (Lipinski definition) is 5. The van der Waals surface area contributed by atoms with Gasteiger partial charge in [-0.3, -0.25) is 8.89 Å². The molecule has 0 radical (unpaired) electrons. The first-order chi connectivity index (χ1) is 8.22. The van der Waals surface area contributed by atoms with Crippen LogP contribution in [-0.4, -0.2) is 49.5 Å². The summed E-state index contributed by atoms with van der Waals surface area (Å²) in [6.45, 7) is 2.37. The van der Waals surface area contributed by atoms with Gasteiger partial charge in [-0.05, 0) is 19.4 Å². The zero-order valence-corrected chi connectivity index (χ0v) is 10.9. The zero-order valence-electron chi connectivity index (χ0n) is 10.1. The van der Waals surface area contributed by atoms with E-state index in [0.29, 0.717) is 19.5 Å². The summed E-state index contributed by atoms with van der Waals surface area (Å²) in [5, 5.41) is 19.9. The summed E-state index contributed by atoms with van der Waals surface area (Å²) in [5.41, 5.74) is 0.889. The second kappa shape index (κ2) is 8.32. The second-order valence-electron chi connectivity index (χ2n) is 3.86. The third-order valence-electron chi connectivity index (χ3n) is 2.22. The first kappa shape index (κ1) is 14.3. The summed E-state index contributed by atoms with van der Waals surface area (Å²) in [5.74, 6) is 0.732. The fourth-order valence-corrected chi connectivity index (χ4v) is 1.93. The molecule has 0 amide bonds. The molecule has 1 aromatic heterocycles. The lowest BCUT2D eigenvalue weighted by molar-refractivity contribution is 0.276. The highest BCUT2D eigenvalue weighted by Gasteiger charge is 2.00. The van der Waals surface area contributed by atoms with Crippen LogP contribution < -0.4 is 5.32 Å². The first-order valence-electron chi connectivity index (χ1n) is 5.73. The van der Waals surface area contributed by atoms with Crippen molar-refractivity contribution >= 4 is 10.8 Å². The molecule has 0 spiro atoms. The average Bonchev–Trinajstić information content (AvgIpc) is 2.73. The summed E-state index contributed by atoms with van der Waals surface area (Å²) in [7, 11) is -0.709. The van der Waals surface area contributed by atoms with E-state index < -0.39 is 10.8 Å². The molecular formula is C10H20N4O2S. The van der Waals surface area contributed by atoms with E-state index in [2.05, 4.69) is 15.6 Å². The Balaban J connectivity index is 2.14. The number of aryl methyl sites for hydroxylation is 1. The van der Waals surface area contributed by atoms with E-state index in [1.807, 2.05) is 6.20 Å². The molecule has 1 unspecified atom stereocenters. The molecule has 0 saturated heterocycles. The standard InChI is InChI=1S/C10H20N4O2S/c1-17(16)7-2-4-11-8-10-9-14(13-12-10)5-3-6-15/h9,11,15H,2-8H2,1H3. The van der Waals surface area contributed by atoms with E-state index in [-0.39, 0.29) is 6.61 Å². The molecule has 0 aliphatic heterocycles. The van der Waals surface area contributed by atoms with Gasteiger partial charge in [-0.15, -0.1) is 5.10 Å². The highest BCUT2D eigenvalue weighted by atomic mass is 32.2. The Kier molecular flexibility index (Phi) is 6.99. The summed E-state index contributed by atoms with van der Waals surface area (Å²) >= 11 is 0. The molecule has 1 atom stereocenters. The zero-order chi connectivity index (χ0) is 12.5. The highest BCUT2D eigenvalue weighted by molar-refractivity contribution is 7.84. The van der Waals surface area contributed by atoms with Gasteiger partial charge in [0.1, 0.15) is 0 Å². The Morgan fingerprint density at radius 3 is 3.06 bits per heavy atom.